The average molecular weight is 499 g/mol. The predicted molar refractivity (Wildman–Crippen MR) is 126 cm³/mol. The van der Waals surface area contributed by atoms with Crippen molar-refractivity contribution in [3.8, 4) is 17.2 Å². The normalized spacial score (nSPS) is 11.2. The number of hydrogen-bond acceptors (Lipinski definition) is 8. The highest BCUT2D eigenvalue weighted by atomic mass is 35.5. The number of benzene rings is 2. The molecule has 0 fully saturated rings. The van der Waals surface area contributed by atoms with Crippen molar-refractivity contribution in [2.45, 2.75) is 19.0 Å². The Balaban J connectivity index is 1.60. The van der Waals surface area contributed by atoms with Crippen LogP contribution in [0.25, 0.3) is 0 Å². The van der Waals surface area contributed by atoms with Gasteiger partial charge < -0.3 is 24.8 Å². The van der Waals surface area contributed by atoms with Gasteiger partial charge in [0.15, 0.2) is 0 Å². The second kappa shape index (κ2) is 12.3. The van der Waals surface area contributed by atoms with Crippen LogP contribution in [0.2, 0.25) is 5.02 Å². The fourth-order valence-electron chi connectivity index (χ4n) is 2.92. The minimum atomic E-state index is -1.14. The third kappa shape index (κ3) is 7.41. The van der Waals surface area contributed by atoms with Crippen molar-refractivity contribution >= 4 is 29.4 Å². The Hall–Kier alpha value is -4.18. The molecular weight excluding hydrogens is 476 g/mol. The summed E-state index contributed by atoms with van der Waals surface area (Å²) >= 11 is 6.20. The van der Waals surface area contributed by atoms with Crippen LogP contribution in [0, 0.1) is 0 Å². The molecule has 10 nitrogen and oxygen atoms in total. The fraction of sp³-hybridized carbons (Fsp3) is 0.208. The van der Waals surface area contributed by atoms with Gasteiger partial charge in [-0.3, -0.25) is 14.4 Å². The molecule has 0 radical (unpaired) electrons. The highest BCUT2D eigenvalue weighted by Crippen LogP contribution is 2.32. The second-order valence-electron chi connectivity index (χ2n) is 7.19. The monoisotopic (exact) mass is 498 g/mol. The van der Waals surface area contributed by atoms with Crippen LogP contribution in [0.5, 0.6) is 17.2 Å². The summed E-state index contributed by atoms with van der Waals surface area (Å²) in [7, 11) is 2.75. The molecule has 3 rings (SSSR count). The molecule has 11 heteroatoms. The van der Waals surface area contributed by atoms with Gasteiger partial charge in [-0.25, -0.2) is 9.97 Å². The van der Waals surface area contributed by atoms with Crippen LogP contribution in [-0.4, -0.2) is 48.0 Å². The van der Waals surface area contributed by atoms with Gasteiger partial charge in [0.05, 0.1) is 31.2 Å². The summed E-state index contributed by atoms with van der Waals surface area (Å²) in [4.78, 5) is 44.4. The molecule has 0 bridgehead atoms. The maximum atomic E-state index is 12.7. The van der Waals surface area contributed by atoms with Crippen molar-refractivity contribution in [3.05, 3.63) is 77.3 Å². The van der Waals surface area contributed by atoms with Gasteiger partial charge in [0.25, 0.3) is 5.91 Å². The van der Waals surface area contributed by atoms with Crippen LogP contribution >= 0.6 is 11.6 Å². The zero-order valence-electron chi connectivity index (χ0n) is 19.0. The lowest BCUT2D eigenvalue weighted by Crippen LogP contribution is -2.47. The number of aromatic nitrogens is 2. The molecule has 35 heavy (non-hydrogen) atoms. The number of nitrogens with zero attached hydrogens (tertiary/aromatic N) is 2. The zero-order valence-corrected chi connectivity index (χ0v) is 19.7. The largest absolute Gasteiger partial charge is 0.497 e. The number of carbonyl (C=O) groups is 3. The van der Waals surface area contributed by atoms with E-state index in [1.54, 1.807) is 49.6 Å². The third-order valence-electron chi connectivity index (χ3n) is 4.80. The molecule has 0 aliphatic carbocycles. The molecule has 0 aliphatic heterocycles. The summed E-state index contributed by atoms with van der Waals surface area (Å²) in [6.07, 6.45) is 3.55. The maximum Gasteiger partial charge on any atom is 0.308 e. The highest BCUT2D eigenvalue weighted by molar-refractivity contribution is 6.32. The van der Waals surface area contributed by atoms with Gasteiger partial charge in [-0.15, -0.1) is 0 Å². The third-order valence-corrected chi connectivity index (χ3v) is 5.10. The number of carbonyl (C=O) groups excluding carboxylic acids is 3. The van der Waals surface area contributed by atoms with E-state index in [9.17, 15) is 14.4 Å². The standard InChI is InChI=1S/C24H23ClN4O6/c1-33-18-7-8-21(19(25)9-18)35-17-5-3-15(4-6-17)11-28-24(32)20(10-22(30)34-2)29-23(31)16-12-26-14-27-13-16/h3-9,12-14,20H,10-11H2,1-2H3,(H,28,32)(H,29,31)/t20-/m0/s1. The quantitative estimate of drug-likeness (QED) is 0.408. The fourth-order valence-corrected chi connectivity index (χ4v) is 3.13. The second-order valence-corrected chi connectivity index (χ2v) is 7.60. The molecule has 2 N–H and O–H groups in total. The molecule has 0 aliphatic rings. The summed E-state index contributed by atoms with van der Waals surface area (Å²) < 4.78 is 15.5. The SMILES string of the molecule is COC(=O)C[C@H](NC(=O)c1cncnc1)C(=O)NCc1ccc(Oc2ccc(OC)cc2Cl)cc1. The van der Waals surface area contributed by atoms with E-state index in [0.717, 1.165) is 5.56 Å². The van der Waals surface area contributed by atoms with Gasteiger partial charge in [0.1, 0.15) is 29.6 Å². The van der Waals surface area contributed by atoms with E-state index in [-0.39, 0.29) is 18.5 Å². The highest BCUT2D eigenvalue weighted by Gasteiger charge is 2.25. The summed E-state index contributed by atoms with van der Waals surface area (Å²) in [6.45, 7) is 0.157. The number of rotatable bonds is 10. The van der Waals surface area contributed by atoms with Gasteiger partial charge in [0.2, 0.25) is 5.91 Å². The first-order valence-electron chi connectivity index (χ1n) is 10.4. The Morgan fingerprint density at radius 3 is 2.31 bits per heavy atom. The lowest BCUT2D eigenvalue weighted by molar-refractivity contribution is -0.143. The number of nitrogens with one attached hydrogen (secondary N) is 2. The zero-order chi connectivity index (χ0) is 25.2. The summed E-state index contributed by atoms with van der Waals surface area (Å²) in [5, 5.41) is 5.62. The van der Waals surface area contributed by atoms with E-state index in [1.807, 2.05) is 0 Å². The lowest BCUT2D eigenvalue weighted by atomic mass is 10.1. The maximum absolute atomic E-state index is 12.7. The summed E-state index contributed by atoms with van der Waals surface area (Å²) in [5.74, 6) is -0.147. The molecule has 3 aromatic rings. The van der Waals surface area contributed by atoms with Crippen molar-refractivity contribution in [3.63, 3.8) is 0 Å². The van der Waals surface area contributed by atoms with Crippen molar-refractivity contribution in [1.82, 2.24) is 20.6 Å². The van der Waals surface area contributed by atoms with Gasteiger partial charge >= 0.3 is 5.97 Å². The van der Waals surface area contributed by atoms with Crippen molar-refractivity contribution in [2.75, 3.05) is 14.2 Å². The number of halogens is 1. The van der Waals surface area contributed by atoms with Crippen LogP contribution in [0.15, 0.2) is 61.2 Å². The first-order chi connectivity index (χ1) is 16.9. The molecule has 0 unspecified atom stereocenters. The van der Waals surface area contributed by atoms with E-state index >= 15 is 0 Å². The van der Waals surface area contributed by atoms with Crippen LogP contribution in [0.1, 0.15) is 22.3 Å². The van der Waals surface area contributed by atoms with Gasteiger partial charge in [0, 0.05) is 25.0 Å². The molecule has 0 saturated heterocycles. The van der Waals surface area contributed by atoms with Crippen molar-refractivity contribution < 1.29 is 28.6 Å². The first-order valence-corrected chi connectivity index (χ1v) is 10.8. The molecule has 1 heterocycles. The molecule has 2 amide bonds. The Bertz CT molecular complexity index is 1170. The molecule has 2 aromatic carbocycles. The Morgan fingerprint density at radius 1 is 1.00 bits per heavy atom. The van der Waals surface area contributed by atoms with Gasteiger partial charge in [-0.2, -0.15) is 0 Å². The van der Waals surface area contributed by atoms with E-state index in [2.05, 4.69) is 25.3 Å². The smallest absolute Gasteiger partial charge is 0.308 e. The molecule has 1 aromatic heterocycles. The number of hydrogen-bond donors (Lipinski definition) is 2. The molecule has 0 saturated carbocycles. The first kappa shape index (κ1) is 25.4. The topological polar surface area (TPSA) is 129 Å². The summed E-state index contributed by atoms with van der Waals surface area (Å²) in [5.41, 5.74) is 0.925. The molecule has 0 spiro atoms. The number of ether oxygens (including phenoxy) is 3. The van der Waals surface area contributed by atoms with E-state index < -0.39 is 23.8 Å². The molecular formula is C24H23ClN4O6. The van der Waals surface area contributed by atoms with Crippen LogP contribution < -0.4 is 20.1 Å². The van der Waals surface area contributed by atoms with Crippen LogP contribution in [0.4, 0.5) is 0 Å². The van der Waals surface area contributed by atoms with E-state index in [0.29, 0.717) is 22.3 Å². The van der Waals surface area contributed by atoms with Crippen LogP contribution in [0.3, 0.4) is 0 Å². The van der Waals surface area contributed by atoms with Gasteiger partial charge in [-0.05, 0) is 29.8 Å². The molecule has 1 atom stereocenters. The molecule has 182 valence electrons. The predicted octanol–water partition coefficient (Wildman–Crippen LogP) is 2.91. The summed E-state index contributed by atoms with van der Waals surface area (Å²) in [6, 6.07) is 10.9. The number of esters is 1. The number of methoxy groups -OCH3 is 2. The average Bonchev–Trinajstić information content (AvgIpc) is 2.89. The van der Waals surface area contributed by atoms with E-state index in [4.69, 9.17) is 21.1 Å². The minimum absolute atomic E-state index is 0.155. The lowest BCUT2D eigenvalue weighted by Gasteiger charge is -2.17. The Kier molecular flexibility index (Phi) is 8.96. The Morgan fingerprint density at radius 2 is 1.69 bits per heavy atom. The Labute approximate surface area is 206 Å². The van der Waals surface area contributed by atoms with Crippen molar-refractivity contribution in [1.29, 1.82) is 0 Å². The van der Waals surface area contributed by atoms with E-state index in [1.165, 1.54) is 25.8 Å². The van der Waals surface area contributed by atoms with Crippen molar-refractivity contribution in [2.24, 2.45) is 0 Å². The van der Waals surface area contributed by atoms with Crippen LogP contribution in [-0.2, 0) is 20.9 Å². The number of amides is 2. The minimum Gasteiger partial charge on any atom is -0.497 e. The van der Waals surface area contributed by atoms with Gasteiger partial charge in [-0.1, -0.05) is 23.7 Å².